The van der Waals surface area contributed by atoms with Gasteiger partial charge in [0.25, 0.3) is 5.56 Å². The van der Waals surface area contributed by atoms with Gasteiger partial charge in [0.2, 0.25) is 0 Å². The van der Waals surface area contributed by atoms with Crippen LogP contribution in [-0.4, -0.2) is 27.0 Å². The molecule has 188 valence electrons. The molecule has 4 rings (SSSR count). The topological polar surface area (TPSA) is 103 Å². The van der Waals surface area contributed by atoms with Crippen LogP contribution in [0.5, 0.6) is 0 Å². The van der Waals surface area contributed by atoms with Gasteiger partial charge in [0.05, 0.1) is 12.1 Å². The fourth-order valence-corrected chi connectivity index (χ4v) is 4.42. The van der Waals surface area contributed by atoms with Crippen molar-refractivity contribution in [2.24, 2.45) is 5.16 Å². The van der Waals surface area contributed by atoms with Gasteiger partial charge >= 0.3 is 5.97 Å². The van der Waals surface area contributed by atoms with E-state index in [9.17, 15) is 14.8 Å². The summed E-state index contributed by atoms with van der Waals surface area (Å²) < 4.78 is 15.1. The first-order chi connectivity index (χ1) is 17.7. The van der Waals surface area contributed by atoms with E-state index in [1.807, 2.05) is 36.4 Å². The largest absolute Gasteiger partial charge is 0.481 e. The molecule has 0 unspecified atom stereocenters. The van der Waals surface area contributed by atoms with Crippen LogP contribution in [0.15, 0.2) is 88.9 Å². The van der Waals surface area contributed by atoms with Gasteiger partial charge in [0.15, 0.2) is 0 Å². The first kappa shape index (κ1) is 25.9. The molecule has 3 aromatic carbocycles. The van der Waals surface area contributed by atoms with Gasteiger partial charge in [-0.15, -0.1) is 0 Å². The number of hydrogen-bond donors (Lipinski definition) is 3. The minimum absolute atomic E-state index is 0.0445. The molecule has 1 aromatic heterocycles. The third-order valence-corrected chi connectivity index (χ3v) is 6.47. The summed E-state index contributed by atoms with van der Waals surface area (Å²) in [7, 11) is 0. The zero-order valence-electron chi connectivity index (χ0n) is 19.9. The molecule has 0 aliphatic carbocycles. The summed E-state index contributed by atoms with van der Waals surface area (Å²) >= 11 is 5.99. The van der Waals surface area contributed by atoms with Crippen molar-refractivity contribution >= 4 is 23.3 Å². The van der Waals surface area contributed by atoms with Crippen LogP contribution in [0.3, 0.4) is 0 Å². The van der Waals surface area contributed by atoms with Crippen molar-refractivity contribution in [2.75, 3.05) is 0 Å². The highest BCUT2D eigenvalue weighted by Crippen LogP contribution is 2.34. The maximum absolute atomic E-state index is 15.1. The number of oxime groups is 1. The van der Waals surface area contributed by atoms with Gasteiger partial charge < -0.3 is 15.3 Å². The predicted molar refractivity (Wildman–Crippen MR) is 141 cm³/mol. The molecule has 0 fully saturated rings. The molecule has 0 saturated carbocycles. The molecular formula is C29H24ClFN2O4. The number of aromatic nitrogens is 1. The van der Waals surface area contributed by atoms with E-state index < -0.39 is 17.7 Å². The standard InChI is InChI=1S/C29H24ClFN2O4/c1-17-12-22(16-32-29(17)36)27(33-37)15-25(24-11-10-23(30)14-26(24)31)21-8-6-20(7-9-21)19-4-2-18(3-5-19)13-28(34)35/h2-12,14,16,25,37H,13,15H2,1H3,(H,32,36)(H,34,35)/b33-27+/t25-/m1/s1. The first-order valence-electron chi connectivity index (χ1n) is 11.5. The number of aryl methyl sites for hydroxylation is 1. The Balaban J connectivity index is 1.69. The number of hydrogen-bond acceptors (Lipinski definition) is 4. The van der Waals surface area contributed by atoms with Gasteiger partial charge in [-0.3, -0.25) is 9.59 Å². The first-order valence-corrected chi connectivity index (χ1v) is 11.9. The lowest BCUT2D eigenvalue weighted by Gasteiger charge is -2.20. The Hall–Kier alpha value is -4.23. The lowest BCUT2D eigenvalue weighted by molar-refractivity contribution is -0.136. The Bertz CT molecular complexity index is 1510. The normalized spacial score (nSPS) is 12.4. The predicted octanol–water partition coefficient (Wildman–Crippen LogP) is 6.17. The molecule has 4 aromatic rings. The number of carboxylic acids is 1. The second kappa shape index (κ2) is 11.2. The molecular weight excluding hydrogens is 495 g/mol. The zero-order valence-corrected chi connectivity index (χ0v) is 20.7. The highest BCUT2D eigenvalue weighted by molar-refractivity contribution is 6.30. The van der Waals surface area contributed by atoms with Crippen LogP contribution in [0, 0.1) is 12.7 Å². The maximum Gasteiger partial charge on any atom is 0.307 e. The summed E-state index contributed by atoms with van der Waals surface area (Å²) in [5, 5.41) is 22.5. The fourth-order valence-electron chi connectivity index (χ4n) is 4.26. The van der Waals surface area contributed by atoms with Gasteiger partial charge in [0.1, 0.15) is 5.82 Å². The van der Waals surface area contributed by atoms with Gasteiger partial charge in [-0.2, -0.15) is 0 Å². The number of aliphatic carboxylic acids is 1. The minimum atomic E-state index is -0.889. The molecule has 0 aliphatic heterocycles. The number of H-pyrrole nitrogens is 1. The summed E-state index contributed by atoms with van der Waals surface area (Å²) in [6.45, 7) is 1.65. The van der Waals surface area contributed by atoms with Gasteiger partial charge in [-0.1, -0.05) is 71.4 Å². The molecule has 0 bridgehead atoms. The van der Waals surface area contributed by atoms with Crippen LogP contribution in [0.25, 0.3) is 11.1 Å². The van der Waals surface area contributed by atoms with E-state index in [1.165, 1.54) is 12.3 Å². The van der Waals surface area contributed by atoms with Crippen LogP contribution >= 0.6 is 11.6 Å². The Morgan fingerprint density at radius 3 is 2.24 bits per heavy atom. The molecule has 1 atom stereocenters. The zero-order chi connectivity index (χ0) is 26.5. The SMILES string of the molecule is Cc1cc(/C(C[C@H](c2ccc(-c3ccc(CC(=O)O)cc3)cc2)c2ccc(Cl)cc2F)=N/O)c[nH]c1=O. The molecule has 37 heavy (non-hydrogen) atoms. The van der Waals surface area contributed by atoms with E-state index in [-0.39, 0.29) is 29.1 Å². The molecule has 0 saturated heterocycles. The van der Waals surface area contributed by atoms with Crippen molar-refractivity contribution in [2.45, 2.75) is 25.7 Å². The second-order valence-electron chi connectivity index (χ2n) is 8.76. The Labute approximate surface area is 217 Å². The Kier molecular flexibility index (Phi) is 7.84. The summed E-state index contributed by atoms with van der Waals surface area (Å²) in [5.74, 6) is -1.88. The smallest absolute Gasteiger partial charge is 0.307 e. The van der Waals surface area contributed by atoms with Crippen LogP contribution in [0.1, 0.15) is 40.2 Å². The van der Waals surface area contributed by atoms with Crippen LogP contribution in [0.4, 0.5) is 4.39 Å². The van der Waals surface area contributed by atoms with Crippen molar-refractivity contribution in [1.82, 2.24) is 4.98 Å². The van der Waals surface area contributed by atoms with E-state index in [2.05, 4.69) is 10.1 Å². The number of carbonyl (C=O) groups is 1. The van der Waals surface area contributed by atoms with Gasteiger partial charge in [-0.05, 0) is 52.9 Å². The van der Waals surface area contributed by atoms with Crippen molar-refractivity contribution in [1.29, 1.82) is 0 Å². The number of halogens is 2. The van der Waals surface area contributed by atoms with Crippen molar-refractivity contribution in [3.63, 3.8) is 0 Å². The number of pyridine rings is 1. The molecule has 1 heterocycles. The van der Waals surface area contributed by atoms with E-state index in [0.717, 1.165) is 16.7 Å². The average Bonchev–Trinajstić information content (AvgIpc) is 2.87. The van der Waals surface area contributed by atoms with Crippen LogP contribution in [0.2, 0.25) is 5.02 Å². The quantitative estimate of drug-likeness (QED) is 0.147. The summed E-state index contributed by atoms with van der Waals surface area (Å²) in [6, 6.07) is 20.9. The number of carboxylic acid groups (broad SMARTS) is 1. The molecule has 0 radical (unpaired) electrons. The number of nitrogens with zero attached hydrogens (tertiary/aromatic N) is 1. The number of benzene rings is 3. The molecule has 0 aliphatic rings. The van der Waals surface area contributed by atoms with Gasteiger partial charge in [0, 0.05) is 34.7 Å². The minimum Gasteiger partial charge on any atom is -0.481 e. The van der Waals surface area contributed by atoms with Crippen molar-refractivity contribution < 1.29 is 19.5 Å². The molecule has 0 amide bonds. The Morgan fingerprint density at radius 1 is 1.03 bits per heavy atom. The number of aromatic amines is 1. The Morgan fingerprint density at radius 2 is 1.68 bits per heavy atom. The van der Waals surface area contributed by atoms with E-state index in [4.69, 9.17) is 16.7 Å². The number of nitrogens with one attached hydrogen (secondary N) is 1. The summed E-state index contributed by atoms with van der Waals surface area (Å²) in [4.78, 5) is 25.3. The third kappa shape index (κ3) is 6.13. The lowest BCUT2D eigenvalue weighted by atomic mass is 9.84. The summed E-state index contributed by atoms with van der Waals surface area (Å²) in [6.07, 6.45) is 1.58. The van der Waals surface area contributed by atoms with E-state index >= 15 is 4.39 Å². The van der Waals surface area contributed by atoms with Crippen LogP contribution in [-0.2, 0) is 11.2 Å². The molecule has 0 spiro atoms. The van der Waals surface area contributed by atoms with Crippen LogP contribution < -0.4 is 5.56 Å². The maximum atomic E-state index is 15.1. The molecule has 3 N–H and O–H groups in total. The van der Waals surface area contributed by atoms with E-state index in [1.54, 1.807) is 37.3 Å². The second-order valence-corrected chi connectivity index (χ2v) is 9.20. The van der Waals surface area contributed by atoms with Crippen molar-refractivity contribution in [3.05, 3.63) is 128 Å². The van der Waals surface area contributed by atoms with E-state index in [0.29, 0.717) is 22.3 Å². The summed E-state index contributed by atoms with van der Waals surface area (Å²) in [5.41, 5.74) is 4.74. The van der Waals surface area contributed by atoms with Crippen molar-refractivity contribution in [3.8, 4) is 11.1 Å². The third-order valence-electron chi connectivity index (χ3n) is 6.23. The monoisotopic (exact) mass is 518 g/mol. The average molecular weight is 519 g/mol. The van der Waals surface area contributed by atoms with Gasteiger partial charge in [-0.25, -0.2) is 4.39 Å². The number of rotatable bonds is 8. The molecule has 6 nitrogen and oxygen atoms in total. The fraction of sp³-hybridized carbons (Fsp3) is 0.138. The lowest BCUT2D eigenvalue weighted by Crippen LogP contribution is -2.15. The molecule has 8 heteroatoms. The highest BCUT2D eigenvalue weighted by Gasteiger charge is 2.22. The highest BCUT2D eigenvalue weighted by atomic mass is 35.5.